The lowest BCUT2D eigenvalue weighted by molar-refractivity contribution is -0.133. The average Bonchev–Trinajstić information content (AvgIpc) is 3.18. The number of nitrogens with one attached hydrogen (secondary N) is 3. The molecular weight excluding hydrogens is 669 g/mol. The number of amides is 3. The molecule has 1 atom stereocenters. The first-order valence-electron chi connectivity index (χ1n) is 18.7. The van der Waals surface area contributed by atoms with E-state index in [2.05, 4.69) is 60.2 Å². The van der Waals surface area contributed by atoms with Crippen LogP contribution in [0, 0.1) is 0 Å². The van der Waals surface area contributed by atoms with Gasteiger partial charge in [0, 0.05) is 37.2 Å². The predicted octanol–water partition coefficient (Wildman–Crippen LogP) is 4.92. The van der Waals surface area contributed by atoms with E-state index in [1.54, 1.807) is 18.2 Å². The molecule has 0 spiro atoms. The first-order chi connectivity index (χ1) is 25.8. The fourth-order valence-corrected chi connectivity index (χ4v) is 8.01. The molecule has 3 aromatic carbocycles. The number of phenols is 1. The maximum Gasteiger partial charge on any atom is 0.249 e. The molecule has 3 amide bonds. The third-order valence-electron chi connectivity index (χ3n) is 11.1. The van der Waals surface area contributed by atoms with E-state index in [4.69, 9.17) is 5.73 Å². The summed E-state index contributed by atoms with van der Waals surface area (Å²) in [5.74, 6) is 0.536. The molecule has 4 heterocycles. The topological polar surface area (TPSA) is 166 Å². The van der Waals surface area contributed by atoms with E-state index in [0.717, 1.165) is 55.8 Å². The standard InChI is InChI=1S/C41H48N8O4/c42-39-35(27-34(46-47-39)32-9-4-5-10-36(32)50)49-25-20-41(21-26-49,30-7-2-1-3-8-30)45-38(52)11-6-22-48-23-18-29(19-24-48)28-12-14-31(15-13-28)43-33-16-17-37(51)44-40(33)53/h1-5,7-10,12-15,27,29,33,43,50H,6,11,16-26H2,(H2,42,47)(H,45,52)(H,44,51,53)/t33-/m0/s1. The van der Waals surface area contributed by atoms with Gasteiger partial charge in [-0.15, -0.1) is 10.2 Å². The number of hydrogen-bond donors (Lipinski definition) is 5. The van der Waals surface area contributed by atoms with Crippen molar-refractivity contribution in [2.75, 3.05) is 48.7 Å². The van der Waals surface area contributed by atoms with E-state index in [9.17, 15) is 19.5 Å². The largest absolute Gasteiger partial charge is 0.507 e. The van der Waals surface area contributed by atoms with Gasteiger partial charge in [-0.2, -0.15) is 0 Å². The monoisotopic (exact) mass is 716 g/mol. The van der Waals surface area contributed by atoms with E-state index < -0.39 is 5.54 Å². The Morgan fingerprint density at radius 3 is 2.34 bits per heavy atom. The molecule has 3 fully saturated rings. The fraction of sp³-hybridized carbons (Fsp3) is 0.390. The molecule has 12 heteroatoms. The van der Waals surface area contributed by atoms with Crippen LogP contribution in [0.2, 0.25) is 0 Å². The lowest BCUT2D eigenvalue weighted by Crippen LogP contribution is -2.53. The van der Waals surface area contributed by atoms with Crippen LogP contribution in [-0.2, 0) is 19.9 Å². The number of benzene rings is 3. The van der Waals surface area contributed by atoms with Crippen LogP contribution in [0.15, 0.2) is 84.9 Å². The van der Waals surface area contributed by atoms with Gasteiger partial charge in [-0.3, -0.25) is 19.7 Å². The van der Waals surface area contributed by atoms with Crippen LogP contribution in [-0.4, -0.2) is 76.7 Å². The van der Waals surface area contributed by atoms with Crippen molar-refractivity contribution in [3.8, 4) is 17.0 Å². The van der Waals surface area contributed by atoms with E-state index in [1.807, 2.05) is 42.5 Å². The number of para-hydroxylation sites is 1. The minimum absolute atomic E-state index is 0.0649. The summed E-state index contributed by atoms with van der Waals surface area (Å²) in [6.45, 7) is 4.20. The number of nitrogen functional groups attached to an aromatic ring is 1. The van der Waals surface area contributed by atoms with Gasteiger partial charge in [-0.25, -0.2) is 0 Å². The van der Waals surface area contributed by atoms with Gasteiger partial charge < -0.3 is 31.3 Å². The maximum absolute atomic E-state index is 13.5. The minimum Gasteiger partial charge on any atom is -0.507 e. The Hall–Kier alpha value is -5.49. The zero-order valence-corrected chi connectivity index (χ0v) is 30.0. The van der Waals surface area contributed by atoms with Gasteiger partial charge in [-0.1, -0.05) is 54.6 Å². The van der Waals surface area contributed by atoms with Crippen LogP contribution in [0.5, 0.6) is 5.75 Å². The second-order valence-electron chi connectivity index (χ2n) is 14.5. The Kier molecular flexibility index (Phi) is 10.9. The predicted molar refractivity (Wildman–Crippen MR) is 205 cm³/mol. The van der Waals surface area contributed by atoms with Gasteiger partial charge in [0.2, 0.25) is 17.7 Å². The number of anilines is 3. The molecule has 3 aliphatic rings. The fourth-order valence-electron chi connectivity index (χ4n) is 8.01. The molecule has 4 aromatic rings. The first-order valence-corrected chi connectivity index (χ1v) is 18.7. The lowest BCUT2D eigenvalue weighted by atomic mass is 9.80. The van der Waals surface area contributed by atoms with Crippen LogP contribution in [0.4, 0.5) is 17.2 Å². The second kappa shape index (κ2) is 16.0. The molecule has 6 N–H and O–H groups in total. The van der Waals surface area contributed by atoms with Gasteiger partial charge in [0.25, 0.3) is 0 Å². The van der Waals surface area contributed by atoms with Gasteiger partial charge in [0.05, 0.1) is 16.9 Å². The highest BCUT2D eigenvalue weighted by molar-refractivity contribution is 6.01. The Morgan fingerprint density at radius 2 is 1.62 bits per heavy atom. The van der Waals surface area contributed by atoms with Crippen molar-refractivity contribution in [3.63, 3.8) is 0 Å². The molecule has 276 valence electrons. The van der Waals surface area contributed by atoms with E-state index in [-0.39, 0.29) is 29.5 Å². The summed E-state index contributed by atoms with van der Waals surface area (Å²) in [4.78, 5) is 41.8. The second-order valence-corrected chi connectivity index (χ2v) is 14.5. The summed E-state index contributed by atoms with van der Waals surface area (Å²) in [7, 11) is 0. The third kappa shape index (κ3) is 8.44. The summed E-state index contributed by atoms with van der Waals surface area (Å²) in [6.07, 6.45) is 5.65. The molecule has 3 saturated heterocycles. The average molecular weight is 717 g/mol. The van der Waals surface area contributed by atoms with Crippen molar-refractivity contribution < 1.29 is 19.5 Å². The molecule has 0 unspecified atom stereocenters. The van der Waals surface area contributed by atoms with Crippen molar-refractivity contribution in [1.29, 1.82) is 0 Å². The molecular formula is C41H48N8O4. The van der Waals surface area contributed by atoms with Crippen LogP contribution >= 0.6 is 0 Å². The number of aromatic nitrogens is 2. The van der Waals surface area contributed by atoms with Crippen LogP contribution in [0.25, 0.3) is 11.3 Å². The number of rotatable bonds is 11. The zero-order valence-electron chi connectivity index (χ0n) is 30.0. The molecule has 1 aromatic heterocycles. The van der Waals surface area contributed by atoms with Crippen molar-refractivity contribution in [3.05, 3.63) is 96.1 Å². The van der Waals surface area contributed by atoms with Crippen molar-refractivity contribution in [2.24, 2.45) is 0 Å². The highest BCUT2D eigenvalue weighted by Gasteiger charge is 2.38. The molecule has 7 rings (SSSR count). The van der Waals surface area contributed by atoms with Crippen LogP contribution in [0.1, 0.15) is 68.4 Å². The lowest BCUT2D eigenvalue weighted by Gasteiger charge is -2.44. The number of carbonyl (C=O) groups excluding carboxylic acids is 3. The van der Waals surface area contributed by atoms with Gasteiger partial charge in [-0.05, 0) is 106 Å². The number of carbonyl (C=O) groups is 3. The molecule has 0 bridgehead atoms. The minimum atomic E-state index is -0.490. The number of imide groups is 1. The number of nitrogens with two attached hydrogens (primary N) is 1. The van der Waals surface area contributed by atoms with Crippen molar-refractivity contribution in [2.45, 2.75) is 68.9 Å². The van der Waals surface area contributed by atoms with Gasteiger partial charge in [0.15, 0.2) is 5.82 Å². The molecule has 0 radical (unpaired) electrons. The Labute approximate surface area is 310 Å². The normalized spacial score (nSPS) is 19.4. The summed E-state index contributed by atoms with van der Waals surface area (Å²) < 4.78 is 0. The molecule has 0 aliphatic carbocycles. The number of aromatic hydroxyl groups is 1. The van der Waals surface area contributed by atoms with Crippen LogP contribution in [0.3, 0.4) is 0 Å². The highest BCUT2D eigenvalue weighted by Crippen LogP contribution is 2.38. The summed E-state index contributed by atoms with van der Waals surface area (Å²) in [5.41, 5.74) is 11.0. The van der Waals surface area contributed by atoms with E-state index in [1.165, 1.54) is 5.56 Å². The maximum atomic E-state index is 13.5. The number of likely N-dealkylation sites (tertiary alicyclic amines) is 1. The highest BCUT2D eigenvalue weighted by atomic mass is 16.3. The third-order valence-corrected chi connectivity index (χ3v) is 11.1. The molecule has 53 heavy (non-hydrogen) atoms. The van der Waals surface area contributed by atoms with Crippen molar-refractivity contribution >= 4 is 34.9 Å². The SMILES string of the molecule is Nc1nnc(-c2ccccc2O)cc1N1CCC(NC(=O)CCCN2CCC(c3ccc(N[C@H]4CCC(=O)NC4=O)cc3)CC2)(c2ccccc2)CC1. The number of nitrogens with zero attached hydrogens (tertiary/aromatic N) is 4. The molecule has 12 nitrogen and oxygen atoms in total. The molecule has 0 saturated carbocycles. The summed E-state index contributed by atoms with van der Waals surface area (Å²) >= 11 is 0. The van der Waals surface area contributed by atoms with Gasteiger partial charge in [0.1, 0.15) is 11.8 Å². The molecule has 3 aliphatic heterocycles. The number of piperidine rings is 3. The number of hydrogen-bond acceptors (Lipinski definition) is 10. The summed E-state index contributed by atoms with van der Waals surface area (Å²) in [5, 5.41) is 28.0. The quantitative estimate of drug-likeness (QED) is 0.135. The van der Waals surface area contributed by atoms with Crippen molar-refractivity contribution in [1.82, 2.24) is 25.7 Å². The Morgan fingerprint density at radius 1 is 0.906 bits per heavy atom. The Bertz CT molecular complexity index is 1910. The van der Waals surface area contributed by atoms with E-state index in [0.29, 0.717) is 68.2 Å². The van der Waals surface area contributed by atoms with Crippen LogP contribution < -0.4 is 26.6 Å². The smallest absolute Gasteiger partial charge is 0.249 e. The summed E-state index contributed by atoms with van der Waals surface area (Å²) in [6, 6.07) is 27.1. The van der Waals surface area contributed by atoms with Gasteiger partial charge >= 0.3 is 0 Å². The first kappa shape index (κ1) is 35.9. The Balaban J connectivity index is 0.897. The zero-order chi connectivity index (χ0) is 36.8. The van der Waals surface area contributed by atoms with E-state index >= 15 is 0 Å². The number of phenolic OH excluding ortho intramolecular Hbond substituents is 1.